The maximum Gasteiger partial charge on any atom is 0.226 e. The van der Waals surface area contributed by atoms with E-state index in [-0.39, 0.29) is 11.4 Å². The van der Waals surface area contributed by atoms with Gasteiger partial charge >= 0.3 is 0 Å². The van der Waals surface area contributed by atoms with E-state index < -0.39 is 0 Å². The van der Waals surface area contributed by atoms with Gasteiger partial charge < -0.3 is 10.6 Å². The molecule has 1 aliphatic heterocycles. The number of amides is 1. The highest BCUT2D eigenvalue weighted by Gasteiger charge is 2.26. The second kappa shape index (κ2) is 3.52. The number of hydrogen-bond donors (Lipinski definition) is 2. The van der Waals surface area contributed by atoms with Crippen LogP contribution in [0.3, 0.4) is 0 Å². The van der Waals surface area contributed by atoms with Crippen LogP contribution in [-0.2, 0) is 4.79 Å². The van der Waals surface area contributed by atoms with E-state index in [1.165, 1.54) is 0 Å². The third-order valence-electron chi connectivity index (χ3n) is 2.33. The molecule has 1 aromatic rings. The summed E-state index contributed by atoms with van der Waals surface area (Å²) in [6.07, 6.45) is 0.472. The van der Waals surface area contributed by atoms with Crippen LogP contribution in [0.5, 0.6) is 0 Å². The summed E-state index contributed by atoms with van der Waals surface area (Å²) >= 11 is 3.39. The molecular weight excluding hydrogens is 256 g/mol. The molecule has 1 amide bonds. The van der Waals surface area contributed by atoms with Crippen molar-refractivity contribution in [3.05, 3.63) is 22.7 Å². The Morgan fingerprint density at radius 1 is 1.33 bits per heavy atom. The molecule has 0 radical (unpaired) electrons. The first-order valence-electron chi connectivity index (χ1n) is 4.84. The van der Waals surface area contributed by atoms with E-state index >= 15 is 0 Å². The first-order chi connectivity index (χ1) is 6.96. The number of benzene rings is 1. The number of fused-ring (bicyclic) bond motifs is 1. The van der Waals surface area contributed by atoms with Crippen LogP contribution in [0.4, 0.5) is 11.4 Å². The van der Waals surface area contributed by atoms with E-state index in [2.05, 4.69) is 26.6 Å². The summed E-state index contributed by atoms with van der Waals surface area (Å²) in [4.78, 5) is 11.6. The van der Waals surface area contributed by atoms with Gasteiger partial charge in [0.1, 0.15) is 0 Å². The number of rotatable bonds is 0. The fourth-order valence-electron chi connectivity index (χ4n) is 1.73. The van der Waals surface area contributed by atoms with Crippen LogP contribution in [0.25, 0.3) is 0 Å². The Morgan fingerprint density at radius 2 is 2.07 bits per heavy atom. The minimum absolute atomic E-state index is 0.0457. The largest absolute Gasteiger partial charge is 0.378 e. The lowest BCUT2D eigenvalue weighted by molar-refractivity contribution is -0.116. The zero-order chi connectivity index (χ0) is 11.1. The molecule has 0 aliphatic carbocycles. The van der Waals surface area contributed by atoms with Gasteiger partial charge in [0.25, 0.3) is 0 Å². The van der Waals surface area contributed by atoms with Crippen LogP contribution in [0.1, 0.15) is 20.3 Å². The van der Waals surface area contributed by atoms with Gasteiger partial charge in [-0.3, -0.25) is 4.79 Å². The molecule has 1 heterocycles. The summed E-state index contributed by atoms with van der Waals surface area (Å²) in [7, 11) is 0. The molecule has 1 aromatic carbocycles. The molecule has 0 spiro atoms. The molecule has 3 nitrogen and oxygen atoms in total. The highest BCUT2D eigenvalue weighted by atomic mass is 79.9. The summed E-state index contributed by atoms with van der Waals surface area (Å²) in [6.45, 7) is 4.04. The molecule has 0 saturated heterocycles. The number of anilines is 2. The lowest BCUT2D eigenvalue weighted by atomic mass is 10.0. The van der Waals surface area contributed by atoms with Gasteiger partial charge in [0.2, 0.25) is 5.91 Å². The second-order valence-electron chi connectivity index (χ2n) is 4.42. The molecule has 1 aliphatic rings. The van der Waals surface area contributed by atoms with Crippen molar-refractivity contribution in [2.75, 3.05) is 10.6 Å². The van der Waals surface area contributed by atoms with E-state index in [0.717, 1.165) is 15.8 Å². The number of nitrogens with one attached hydrogen (secondary N) is 2. The molecular formula is C11H13BrN2O. The van der Waals surface area contributed by atoms with E-state index in [1.54, 1.807) is 0 Å². The summed E-state index contributed by atoms with van der Waals surface area (Å²) in [5.41, 5.74) is 1.59. The molecule has 4 heteroatoms. The van der Waals surface area contributed by atoms with Gasteiger partial charge in [-0.25, -0.2) is 0 Å². The zero-order valence-electron chi connectivity index (χ0n) is 8.73. The molecule has 0 aromatic heterocycles. The summed E-state index contributed by atoms with van der Waals surface area (Å²) < 4.78 is 0.961. The molecule has 0 bridgehead atoms. The molecule has 0 fully saturated rings. The van der Waals surface area contributed by atoms with Crippen molar-refractivity contribution in [3.8, 4) is 0 Å². The Labute approximate surface area is 97.4 Å². The average Bonchev–Trinajstić information content (AvgIpc) is 2.18. The van der Waals surface area contributed by atoms with Gasteiger partial charge in [0.15, 0.2) is 0 Å². The summed E-state index contributed by atoms with van der Waals surface area (Å²) in [6, 6.07) is 5.83. The molecule has 15 heavy (non-hydrogen) atoms. The molecule has 0 saturated carbocycles. The molecule has 2 rings (SSSR count). The quantitative estimate of drug-likeness (QED) is 0.760. The Kier molecular flexibility index (Phi) is 2.46. The van der Waals surface area contributed by atoms with E-state index in [9.17, 15) is 4.79 Å². The first-order valence-corrected chi connectivity index (χ1v) is 5.63. The van der Waals surface area contributed by atoms with E-state index in [1.807, 2.05) is 32.0 Å². The Balaban J connectivity index is 2.45. The SMILES string of the molecule is CC1(C)CC(=O)Nc2cc(Br)ccc2N1. The van der Waals surface area contributed by atoms with Gasteiger partial charge in [0, 0.05) is 16.4 Å². The van der Waals surface area contributed by atoms with Crippen molar-refractivity contribution in [1.82, 2.24) is 0 Å². The highest BCUT2D eigenvalue weighted by Crippen LogP contribution is 2.32. The van der Waals surface area contributed by atoms with Crippen LogP contribution in [0, 0.1) is 0 Å². The van der Waals surface area contributed by atoms with Crippen molar-refractivity contribution >= 4 is 33.2 Å². The van der Waals surface area contributed by atoms with Crippen LogP contribution >= 0.6 is 15.9 Å². The van der Waals surface area contributed by atoms with E-state index in [4.69, 9.17) is 0 Å². The van der Waals surface area contributed by atoms with Crippen LogP contribution in [0.2, 0.25) is 0 Å². The topological polar surface area (TPSA) is 41.1 Å². The minimum Gasteiger partial charge on any atom is -0.378 e. The maximum absolute atomic E-state index is 11.6. The van der Waals surface area contributed by atoms with Gasteiger partial charge in [0.05, 0.1) is 11.4 Å². The van der Waals surface area contributed by atoms with Gasteiger partial charge in [-0.2, -0.15) is 0 Å². The predicted molar refractivity (Wildman–Crippen MR) is 65.1 cm³/mol. The van der Waals surface area contributed by atoms with Gasteiger partial charge in [-0.05, 0) is 32.0 Å². The molecule has 80 valence electrons. The van der Waals surface area contributed by atoms with Gasteiger partial charge in [-0.1, -0.05) is 15.9 Å². The van der Waals surface area contributed by atoms with Crippen LogP contribution < -0.4 is 10.6 Å². The number of carbonyl (C=O) groups is 1. The standard InChI is InChI=1S/C11H13BrN2O/c1-11(2)6-10(15)13-9-5-7(12)3-4-8(9)14-11/h3-5,14H,6H2,1-2H3,(H,13,15). The monoisotopic (exact) mass is 268 g/mol. The third kappa shape index (κ3) is 2.31. The predicted octanol–water partition coefficient (Wildman–Crippen LogP) is 2.98. The number of hydrogen-bond acceptors (Lipinski definition) is 2. The lowest BCUT2D eigenvalue weighted by Gasteiger charge is -2.24. The highest BCUT2D eigenvalue weighted by molar-refractivity contribution is 9.10. The summed E-state index contributed by atoms with van der Waals surface area (Å²) in [5, 5.41) is 6.24. The van der Waals surface area contributed by atoms with Crippen molar-refractivity contribution in [3.63, 3.8) is 0 Å². The van der Waals surface area contributed by atoms with Crippen molar-refractivity contribution in [2.45, 2.75) is 25.8 Å². The van der Waals surface area contributed by atoms with Crippen molar-refractivity contribution < 1.29 is 4.79 Å². The second-order valence-corrected chi connectivity index (χ2v) is 5.34. The first kappa shape index (κ1) is 10.5. The third-order valence-corrected chi connectivity index (χ3v) is 2.82. The van der Waals surface area contributed by atoms with Crippen LogP contribution in [-0.4, -0.2) is 11.4 Å². The maximum atomic E-state index is 11.6. The lowest BCUT2D eigenvalue weighted by Crippen LogP contribution is -2.32. The fraction of sp³-hybridized carbons (Fsp3) is 0.364. The molecule has 2 N–H and O–H groups in total. The van der Waals surface area contributed by atoms with E-state index in [0.29, 0.717) is 6.42 Å². The Morgan fingerprint density at radius 3 is 2.80 bits per heavy atom. The average molecular weight is 269 g/mol. The molecule has 0 unspecified atom stereocenters. The van der Waals surface area contributed by atoms with Gasteiger partial charge in [-0.15, -0.1) is 0 Å². The van der Waals surface area contributed by atoms with Crippen LogP contribution in [0.15, 0.2) is 22.7 Å². The molecule has 0 atom stereocenters. The Hall–Kier alpha value is -1.03. The van der Waals surface area contributed by atoms with Crippen molar-refractivity contribution in [1.29, 1.82) is 0 Å². The zero-order valence-corrected chi connectivity index (χ0v) is 10.3. The summed E-state index contributed by atoms with van der Waals surface area (Å²) in [5.74, 6) is 0.0457. The fourth-order valence-corrected chi connectivity index (χ4v) is 2.09. The Bertz CT molecular complexity index is 415. The number of carbonyl (C=O) groups excluding carboxylic acids is 1. The normalized spacial score (nSPS) is 18.5. The minimum atomic E-state index is -0.205. The smallest absolute Gasteiger partial charge is 0.226 e. The number of halogens is 1. The van der Waals surface area contributed by atoms with Crippen molar-refractivity contribution in [2.24, 2.45) is 0 Å².